The summed E-state index contributed by atoms with van der Waals surface area (Å²) in [7, 11) is 1.39. The molecule has 2 aromatic heterocycles. The minimum Gasteiger partial charge on any atom is -0.467 e. The minimum atomic E-state index is -1.00. The molecule has 1 fully saturated rings. The smallest absolute Gasteiger partial charge is 0.328 e. The second kappa shape index (κ2) is 13.0. The van der Waals surface area contributed by atoms with Crippen LogP contribution < -0.4 is 16.1 Å². The van der Waals surface area contributed by atoms with Gasteiger partial charge in [0.05, 0.1) is 54.2 Å². The topological polar surface area (TPSA) is 175 Å². The van der Waals surface area contributed by atoms with Crippen LogP contribution in [0.15, 0.2) is 58.6 Å². The van der Waals surface area contributed by atoms with Gasteiger partial charge in [0.2, 0.25) is 5.95 Å². The third-order valence-corrected chi connectivity index (χ3v) is 6.37. The zero-order chi connectivity index (χ0) is 29.4. The maximum Gasteiger partial charge on any atom is 0.328 e. The third kappa shape index (κ3) is 7.61. The Labute approximate surface area is 238 Å². The van der Waals surface area contributed by atoms with Gasteiger partial charge in [-0.2, -0.15) is 10.4 Å². The van der Waals surface area contributed by atoms with Gasteiger partial charge in [-0.15, -0.1) is 0 Å². The van der Waals surface area contributed by atoms with Crippen LogP contribution in [0.4, 0.5) is 11.8 Å². The zero-order valence-electron chi connectivity index (χ0n) is 23.3. The normalized spacial score (nSPS) is 15.6. The SMILES string of the molecule is COC(=O)[C@@H]1CCCN1c1cccc(CN=CC(=NN)c2cc(-c3cccc(C#N)c3)nc(NCC(C)(C)O)n2)n1. The van der Waals surface area contributed by atoms with E-state index in [1.807, 2.05) is 29.2 Å². The van der Waals surface area contributed by atoms with Gasteiger partial charge in [0.1, 0.15) is 17.6 Å². The van der Waals surface area contributed by atoms with Crippen LogP contribution in [0.2, 0.25) is 0 Å². The number of carbonyl (C=O) groups is 1. The molecule has 212 valence electrons. The molecular formula is C29H33N9O3. The average molecular weight is 556 g/mol. The van der Waals surface area contributed by atoms with Gasteiger partial charge in [-0.05, 0) is 57.0 Å². The molecule has 41 heavy (non-hydrogen) atoms. The first kappa shape index (κ1) is 29.1. The van der Waals surface area contributed by atoms with Crippen LogP contribution in [0.25, 0.3) is 11.3 Å². The Morgan fingerprint density at radius 2 is 2.07 bits per heavy atom. The van der Waals surface area contributed by atoms with Crippen molar-refractivity contribution >= 4 is 29.7 Å². The number of ether oxygens (including phenoxy) is 1. The van der Waals surface area contributed by atoms with Gasteiger partial charge in [0.15, 0.2) is 0 Å². The number of nitrogens with two attached hydrogens (primary N) is 1. The molecule has 0 spiro atoms. The van der Waals surface area contributed by atoms with E-state index in [2.05, 4.69) is 31.4 Å². The summed E-state index contributed by atoms with van der Waals surface area (Å²) < 4.78 is 4.95. The van der Waals surface area contributed by atoms with E-state index in [4.69, 9.17) is 15.6 Å². The Morgan fingerprint density at radius 3 is 2.80 bits per heavy atom. The van der Waals surface area contributed by atoms with Crippen molar-refractivity contribution < 1.29 is 14.6 Å². The molecule has 1 atom stereocenters. The zero-order valence-corrected chi connectivity index (χ0v) is 23.3. The molecule has 3 heterocycles. The second-order valence-corrected chi connectivity index (χ2v) is 10.2. The van der Waals surface area contributed by atoms with Crippen LogP contribution in [0.3, 0.4) is 0 Å². The number of methoxy groups -OCH3 is 1. The number of hydrogen-bond acceptors (Lipinski definition) is 12. The fraction of sp³-hybridized carbons (Fsp3) is 0.345. The van der Waals surface area contributed by atoms with Gasteiger partial charge < -0.3 is 25.9 Å². The molecule has 1 saturated heterocycles. The van der Waals surface area contributed by atoms with Crippen molar-refractivity contribution in [2.45, 2.75) is 44.9 Å². The van der Waals surface area contributed by atoms with Crippen molar-refractivity contribution in [2.75, 3.05) is 30.4 Å². The van der Waals surface area contributed by atoms with E-state index in [1.165, 1.54) is 13.3 Å². The predicted octanol–water partition coefficient (Wildman–Crippen LogP) is 2.67. The number of rotatable bonds is 10. The maximum absolute atomic E-state index is 12.2. The number of nitrogens with one attached hydrogen (secondary N) is 1. The predicted molar refractivity (Wildman–Crippen MR) is 157 cm³/mol. The highest BCUT2D eigenvalue weighted by molar-refractivity contribution is 6.37. The first-order valence-corrected chi connectivity index (χ1v) is 13.1. The lowest BCUT2D eigenvalue weighted by Crippen LogP contribution is -2.37. The first-order valence-electron chi connectivity index (χ1n) is 13.1. The lowest BCUT2D eigenvalue weighted by molar-refractivity contribution is -0.141. The Balaban J connectivity index is 1.57. The summed E-state index contributed by atoms with van der Waals surface area (Å²) in [5, 5.41) is 26.5. The van der Waals surface area contributed by atoms with E-state index in [0.29, 0.717) is 39.7 Å². The van der Waals surface area contributed by atoms with Crippen LogP contribution in [0, 0.1) is 11.3 Å². The summed E-state index contributed by atoms with van der Waals surface area (Å²) in [6.07, 6.45) is 3.12. The van der Waals surface area contributed by atoms with Crippen LogP contribution >= 0.6 is 0 Å². The lowest BCUT2D eigenvalue weighted by Gasteiger charge is -2.23. The Bertz CT molecular complexity index is 1490. The Morgan fingerprint density at radius 1 is 1.27 bits per heavy atom. The number of aliphatic hydroxyl groups is 1. The largest absolute Gasteiger partial charge is 0.467 e. The summed E-state index contributed by atoms with van der Waals surface area (Å²) in [6, 6.07) is 16.1. The number of nitrogens with zero attached hydrogens (tertiary/aromatic N) is 7. The number of benzene rings is 1. The van der Waals surface area contributed by atoms with Crippen molar-refractivity contribution in [3.63, 3.8) is 0 Å². The van der Waals surface area contributed by atoms with Crippen LogP contribution in [0.1, 0.15) is 43.6 Å². The van der Waals surface area contributed by atoms with E-state index in [-0.39, 0.29) is 31.0 Å². The van der Waals surface area contributed by atoms with E-state index in [1.54, 1.807) is 38.1 Å². The van der Waals surface area contributed by atoms with Crippen LogP contribution in [-0.4, -0.2) is 69.8 Å². The van der Waals surface area contributed by atoms with Gasteiger partial charge in [0.25, 0.3) is 0 Å². The van der Waals surface area contributed by atoms with E-state index in [0.717, 1.165) is 19.4 Å². The molecule has 0 aliphatic carbocycles. The van der Waals surface area contributed by atoms with Crippen molar-refractivity contribution in [3.05, 3.63) is 65.5 Å². The highest BCUT2D eigenvalue weighted by Gasteiger charge is 2.32. The second-order valence-electron chi connectivity index (χ2n) is 10.2. The highest BCUT2D eigenvalue weighted by atomic mass is 16.5. The number of hydrazone groups is 1. The number of aromatic nitrogens is 3. The van der Waals surface area contributed by atoms with Crippen LogP contribution in [0.5, 0.6) is 0 Å². The molecule has 3 aromatic rings. The van der Waals surface area contributed by atoms with Gasteiger partial charge in [0, 0.05) is 18.7 Å². The molecule has 12 heteroatoms. The lowest BCUT2D eigenvalue weighted by atomic mass is 10.1. The van der Waals surface area contributed by atoms with E-state index < -0.39 is 5.60 Å². The Hall–Kier alpha value is -4.89. The number of anilines is 2. The van der Waals surface area contributed by atoms with Crippen molar-refractivity contribution in [1.82, 2.24) is 15.0 Å². The molecule has 0 radical (unpaired) electrons. The monoisotopic (exact) mass is 555 g/mol. The first-order chi connectivity index (χ1) is 19.7. The molecule has 1 aromatic carbocycles. The number of aliphatic imine (C=N–C) groups is 1. The third-order valence-electron chi connectivity index (χ3n) is 6.37. The Kier molecular flexibility index (Phi) is 9.21. The van der Waals surface area contributed by atoms with Gasteiger partial charge >= 0.3 is 5.97 Å². The molecule has 0 bridgehead atoms. The fourth-order valence-corrected chi connectivity index (χ4v) is 4.38. The van der Waals surface area contributed by atoms with Gasteiger partial charge in [-0.25, -0.2) is 19.7 Å². The maximum atomic E-state index is 12.2. The fourth-order valence-electron chi connectivity index (χ4n) is 4.38. The molecule has 12 nitrogen and oxygen atoms in total. The van der Waals surface area contributed by atoms with Crippen molar-refractivity contribution in [2.24, 2.45) is 15.9 Å². The molecule has 4 rings (SSSR count). The number of esters is 1. The summed E-state index contributed by atoms with van der Waals surface area (Å²) >= 11 is 0. The number of hydrogen-bond donors (Lipinski definition) is 3. The molecule has 1 aliphatic heterocycles. The minimum absolute atomic E-state index is 0.202. The summed E-state index contributed by atoms with van der Waals surface area (Å²) in [6.45, 7) is 4.51. The average Bonchev–Trinajstić information content (AvgIpc) is 3.48. The number of nitriles is 1. The molecule has 0 unspecified atom stereocenters. The summed E-state index contributed by atoms with van der Waals surface area (Å²) in [5.41, 5.74) is 2.15. The summed E-state index contributed by atoms with van der Waals surface area (Å²) in [5.74, 6) is 6.43. The summed E-state index contributed by atoms with van der Waals surface area (Å²) in [4.78, 5) is 32.4. The molecular weight excluding hydrogens is 522 g/mol. The molecule has 4 N–H and O–H groups in total. The quantitative estimate of drug-likeness (QED) is 0.146. The number of pyridine rings is 1. The van der Waals surface area contributed by atoms with Crippen molar-refractivity contribution in [3.8, 4) is 17.3 Å². The molecule has 0 amide bonds. The molecule has 0 saturated carbocycles. The van der Waals surface area contributed by atoms with Gasteiger partial charge in [-0.3, -0.25) is 4.99 Å². The van der Waals surface area contributed by atoms with E-state index >= 15 is 0 Å². The highest BCUT2D eigenvalue weighted by Crippen LogP contribution is 2.25. The van der Waals surface area contributed by atoms with E-state index in [9.17, 15) is 15.2 Å². The molecule has 1 aliphatic rings. The van der Waals surface area contributed by atoms with Gasteiger partial charge in [-0.1, -0.05) is 18.2 Å². The van der Waals surface area contributed by atoms with Crippen molar-refractivity contribution in [1.29, 1.82) is 5.26 Å². The van der Waals surface area contributed by atoms with Crippen LogP contribution in [-0.2, 0) is 16.1 Å². The number of carbonyl (C=O) groups excluding carboxylic acids is 1. The standard InChI is InChI=1S/C29H33N9O3/c1-29(2,40)18-33-28-35-22(20-8-4-7-19(13-20)15-30)14-23(36-28)24(37-31)17-32-16-21-9-5-11-26(34-21)38-12-6-10-25(38)27(39)41-3/h4-5,7-9,11,13-14,17,25,40H,6,10,12,16,18,31H2,1-3H3,(H,33,35,36)/t25-/m0/s1.